The zero-order chi connectivity index (χ0) is 16.1. The Morgan fingerprint density at radius 3 is 2.82 bits per heavy atom. The highest BCUT2D eigenvalue weighted by Gasteiger charge is 2.22. The third-order valence-corrected chi connectivity index (χ3v) is 4.01. The van der Waals surface area contributed by atoms with Crippen LogP contribution in [0, 0.1) is 13.8 Å². The van der Waals surface area contributed by atoms with E-state index in [1.54, 1.807) is 38.1 Å². The summed E-state index contributed by atoms with van der Waals surface area (Å²) in [6.45, 7) is 4.74. The van der Waals surface area contributed by atoms with Gasteiger partial charge in [0.2, 0.25) is 0 Å². The van der Waals surface area contributed by atoms with Crippen molar-refractivity contribution in [1.82, 2.24) is 14.9 Å². The number of H-pyrrole nitrogens is 1. The molecule has 2 aromatic rings. The van der Waals surface area contributed by atoms with Crippen LogP contribution in [-0.4, -0.2) is 41.0 Å². The third-order valence-electron chi connectivity index (χ3n) is 3.24. The van der Waals surface area contributed by atoms with E-state index in [0.29, 0.717) is 25.3 Å². The third kappa shape index (κ3) is 3.80. The summed E-state index contributed by atoms with van der Waals surface area (Å²) in [5.41, 5.74) is 1.23. The Labute approximate surface area is 132 Å². The van der Waals surface area contributed by atoms with Crippen molar-refractivity contribution in [3.05, 3.63) is 49.8 Å². The number of carbonyl (C=O) groups excluding carboxylic acids is 1. The second-order valence-electron chi connectivity index (χ2n) is 4.98. The van der Waals surface area contributed by atoms with Crippen LogP contribution in [0.4, 0.5) is 0 Å². The Balaban J connectivity index is 2.30. The Morgan fingerprint density at radius 2 is 2.23 bits per heavy atom. The van der Waals surface area contributed by atoms with Crippen LogP contribution in [0.1, 0.15) is 26.6 Å². The maximum Gasteiger partial charge on any atom is 0.261 e. The quantitative estimate of drug-likeness (QED) is 0.879. The van der Waals surface area contributed by atoms with Crippen LogP contribution in [0.5, 0.6) is 0 Å². The van der Waals surface area contributed by atoms with E-state index in [-0.39, 0.29) is 17.0 Å². The van der Waals surface area contributed by atoms with Gasteiger partial charge in [-0.15, -0.1) is 11.3 Å². The molecule has 0 aromatic carbocycles. The van der Waals surface area contributed by atoms with Crippen LogP contribution >= 0.6 is 11.3 Å². The average molecular weight is 321 g/mol. The predicted molar refractivity (Wildman–Crippen MR) is 85.3 cm³/mol. The molecule has 0 saturated heterocycles. The Morgan fingerprint density at radius 1 is 1.45 bits per heavy atom. The van der Waals surface area contributed by atoms with E-state index in [0.717, 1.165) is 10.7 Å². The molecular formula is C15H19N3O3S. The average Bonchev–Trinajstić information content (AvgIpc) is 2.95. The summed E-state index contributed by atoms with van der Waals surface area (Å²) < 4.78 is 5.06. The lowest BCUT2D eigenvalue weighted by atomic mass is 10.1. The van der Waals surface area contributed by atoms with Crippen LogP contribution in [-0.2, 0) is 11.3 Å². The van der Waals surface area contributed by atoms with E-state index in [1.165, 1.54) is 11.3 Å². The van der Waals surface area contributed by atoms with E-state index in [4.69, 9.17) is 4.74 Å². The van der Waals surface area contributed by atoms with Gasteiger partial charge in [-0.2, -0.15) is 0 Å². The van der Waals surface area contributed by atoms with Gasteiger partial charge in [-0.3, -0.25) is 9.59 Å². The van der Waals surface area contributed by atoms with Crippen molar-refractivity contribution >= 4 is 17.2 Å². The zero-order valence-electron chi connectivity index (χ0n) is 12.9. The molecule has 1 N–H and O–H groups in total. The van der Waals surface area contributed by atoms with E-state index in [1.807, 2.05) is 5.38 Å². The van der Waals surface area contributed by atoms with Gasteiger partial charge in [0, 0.05) is 30.9 Å². The maximum atomic E-state index is 12.8. The number of aromatic amines is 1. The highest BCUT2D eigenvalue weighted by molar-refractivity contribution is 7.09. The van der Waals surface area contributed by atoms with Gasteiger partial charge in [-0.25, -0.2) is 4.98 Å². The second kappa shape index (κ2) is 7.33. The molecule has 0 saturated carbocycles. The molecule has 2 heterocycles. The molecule has 2 rings (SSSR count). The lowest BCUT2D eigenvalue weighted by Gasteiger charge is -2.22. The maximum absolute atomic E-state index is 12.8. The number of ether oxygens (including phenoxy) is 1. The largest absolute Gasteiger partial charge is 0.383 e. The van der Waals surface area contributed by atoms with Gasteiger partial charge in [0.25, 0.3) is 11.5 Å². The monoisotopic (exact) mass is 321 g/mol. The number of nitrogens with one attached hydrogen (secondary N) is 1. The van der Waals surface area contributed by atoms with Crippen LogP contribution in [0.3, 0.4) is 0 Å². The van der Waals surface area contributed by atoms with Crippen molar-refractivity contribution in [2.45, 2.75) is 20.4 Å². The van der Waals surface area contributed by atoms with Gasteiger partial charge in [0.1, 0.15) is 10.6 Å². The molecule has 0 radical (unpaired) electrons. The number of hydrogen-bond acceptors (Lipinski definition) is 5. The molecule has 118 valence electrons. The number of amides is 1. The second-order valence-corrected chi connectivity index (χ2v) is 5.96. The first-order valence-corrected chi connectivity index (χ1v) is 7.78. The molecule has 0 aliphatic carbocycles. The molecule has 7 heteroatoms. The number of carbonyl (C=O) groups is 1. The topological polar surface area (TPSA) is 75.3 Å². The van der Waals surface area contributed by atoms with Crippen molar-refractivity contribution in [1.29, 1.82) is 0 Å². The van der Waals surface area contributed by atoms with E-state index in [9.17, 15) is 9.59 Å². The smallest absolute Gasteiger partial charge is 0.261 e. The molecule has 0 aliphatic rings. The number of nitrogens with zero attached hydrogens (tertiary/aromatic N) is 2. The lowest BCUT2D eigenvalue weighted by Crippen LogP contribution is -2.37. The number of methoxy groups -OCH3 is 1. The zero-order valence-corrected chi connectivity index (χ0v) is 13.7. The minimum absolute atomic E-state index is 0.179. The number of thiazole rings is 1. The lowest BCUT2D eigenvalue weighted by molar-refractivity contribution is 0.0677. The summed E-state index contributed by atoms with van der Waals surface area (Å²) in [5.74, 6) is -0.300. The predicted octanol–water partition coefficient (Wildman–Crippen LogP) is 1.74. The molecule has 0 fully saturated rings. The van der Waals surface area contributed by atoms with Crippen LogP contribution in [0.15, 0.2) is 22.4 Å². The molecule has 2 aromatic heterocycles. The van der Waals surface area contributed by atoms with E-state index in [2.05, 4.69) is 9.97 Å². The van der Waals surface area contributed by atoms with E-state index >= 15 is 0 Å². The first-order chi connectivity index (χ1) is 10.5. The van der Waals surface area contributed by atoms with Crippen LogP contribution in [0.2, 0.25) is 0 Å². The number of hydrogen-bond donors (Lipinski definition) is 1. The van der Waals surface area contributed by atoms with E-state index < -0.39 is 0 Å². The van der Waals surface area contributed by atoms with Crippen LogP contribution in [0.25, 0.3) is 0 Å². The van der Waals surface area contributed by atoms with Gasteiger partial charge >= 0.3 is 0 Å². The number of pyridine rings is 1. The first-order valence-electron chi connectivity index (χ1n) is 6.90. The molecule has 0 spiro atoms. The van der Waals surface area contributed by atoms with Crippen molar-refractivity contribution in [3.8, 4) is 0 Å². The SMILES string of the molecule is COCCN(Cc1nccs1)C(=O)c1c(C)cc(C)[nH]c1=O. The summed E-state index contributed by atoms with van der Waals surface area (Å²) in [7, 11) is 1.58. The van der Waals surface area contributed by atoms with Gasteiger partial charge < -0.3 is 14.6 Å². The fourth-order valence-electron chi connectivity index (χ4n) is 2.23. The van der Waals surface area contributed by atoms with Crippen molar-refractivity contribution < 1.29 is 9.53 Å². The molecular weight excluding hydrogens is 302 g/mol. The summed E-state index contributed by atoms with van der Waals surface area (Å²) in [6, 6.07) is 1.80. The Kier molecular flexibility index (Phi) is 5.46. The summed E-state index contributed by atoms with van der Waals surface area (Å²) in [5, 5.41) is 2.68. The molecule has 0 unspecified atom stereocenters. The van der Waals surface area contributed by atoms with Gasteiger partial charge in [-0.05, 0) is 25.5 Å². The van der Waals surface area contributed by atoms with Gasteiger partial charge in [0.05, 0.1) is 13.2 Å². The van der Waals surface area contributed by atoms with Crippen LogP contribution < -0.4 is 5.56 Å². The summed E-state index contributed by atoms with van der Waals surface area (Å²) in [4.78, 5) is 33.4. The van der Waals surface area contributed by atoms with Crippen molar-refractivity contribution in [2.24, 2.45) is 0 Å². The number of aryl methyl sites for hydroxylation is 2. The first kappa shape index (κ1) is 16.4. The highest BCUT2D eigenvalue weighted by atomic mass is 32.1. The fraction of sp³-hybridized carbons (Fsp3) is 0.400. The normalized spacial score (nSPS) is 10.7. The Hall–Kier alpha value is -1.99. The fourth-order valence-corrected chi connectivity index (χ4v) is 2.86. The number of rotatable bonds is 6. The van der Waals surface area contributed by atoms with Gasteiger partial charge in [-0.1, -0.05) is 0 Å². The highest BCUT2D eigenvalue weighted by Crippen LogP contribution is 2.13. The molecule has 0 aliphatic heterocycles. The summed E-state index contributed by atoms with van der Waals surface area (Å²) in [6.07, 6.45) is 1.70. The molecule has 0 bridgehead atoms. The standard InChI is InChI=1S/C15H19N3O3S/c1-10-8-11(2)17-14(19)13(10)15(20)18(5-6-21-3)9-12-16-4-7-22-12/h4,7-8H,5-6,9H2,1-3H3,(H,17,19). The molecule has 0 atom stereocenters. The minimum atomic E-state index is -0.357. The molecule has 6 nitrogen and oxygen atoms in total. The number of aromatic nitrogens is 2. The Bertz CT molecular complexity index is 695. The van der Waals surface area contributed by atoms with Gasteiger partial charge in [0.15, 0.2) is 0 Å². The molecule has 1 amide bonds. The summed E-state index contributed by atoms with van der Waals surface area (Å²) >= 11 is 1.48. The van der Waals surface area contributed by atoms with Crippen molar-refractivity contribution in [2.75, 3.05) is 20.3 Å². The molecule has 22 heavy (non-hydrogen) atoms. The minimum Gasteiger partial charge on any atom is -0.383 e. The van der Waals surface area contributed by atoms with Crippen molar-refractivity contribution in [3.63, 3.8) is 0 Å².